The fourth-order valence-electron chi connectivity index (χ4n) is 1.93. The number of rotatable bonds is 6. The summed E-state index contributed by atoms with van der Waals surface area (Å²) in [4.78, 5) is 14.0. The summed E-state index contributed by atoms with van der Waals surface area (Å²) in [5.41, 5.74) is 2.30. The van der Waals surface area contributed by atoms with Crippen LogP contribution in [0.4, 0.5) is 5.13 Å². The third kappa shape index (κ3) is 4.26. The van der Waals surface area contributed by atoms with Gasteiger partial charge in [-0.1, -0.05) is 48.1 Å². The molecule has 1 aromatic carbocycles. The molecule has 0 aliphatic heterocycles. The summed E-state index contributed by atoms with van der Waals surface area (Å²) in [5.74, 6) is -0.0986. The Hall–Kier alpha value is -1.95. The van der Waals surface area contributed by atoms with Crippen molar-refractivity contribution in [2.45, 2.75) is 26.8 Å². The molecule has 0 spiro atoms. The van der Waals surface area contributed by atoms with Crippen LogP contribution in [0.5, 0.6) is 0 Å². The first-order valence-electron chi connectivity index (χ1n) is 6.98. The van der Waals surface area contributed by atoms with Gasteiger partial charge in [-0.3, -0.25) is 4.79 Å². The number of anilines is 1. The summed E-state index contributed by atoms with van der Waals surface area (Å²) in [5, 5.41) is 12.2. The van der Waals surface area contributed by atoms with Crippen molar-refractivity contribution < 1.29 is 4.79 Å². The lowest BCUT2D eigenvalue weighted by atomic mass is 10.1. The van der Waals surface area contributed by atoms with E-state index in [0.717, 1.165) is 18.5 Å². The molecule has 0 aliphatic carbocycles. The van der Waals surface area contributed by atoms with Crippen LogP contribution in [0.1, 0.15) is 34.3 Å². The third-order valence-electron chi connectivity index (χ3n) is 2.98. The number of aryl methyl sites for hydroxylation is 1. The largest absolute Gasteiger partial charge is 0.360 e. The van der Waals surface area contributed by atoms with Crippen LogP contribution >= 0.6 is 11.3 Å². The molecule has 0 bridgehead atoms. The minimum atomic E-state index is -0.0986. The summed E-state index contributed by atoms with van der Waals surface area (Å²) in [6, 6.07) is 8.14. The number of aromatic nitrogens is 2. The highest BCUT2D eigenvalue weighted by molar-refractivity contribution is 7.17. The van der Waals surface area contributed by atoms with Gasteiger partial charge in [-0.25, -0.2) is 0 Å². The predicted octanol–water partition coefficient (Wildman–Crippen LogP) is 2.94. The number of benzene rings is 1. The summed E-state index contributed by atoms with van der Waals surface area (Å²) in [7, 11) is 1.78. The van der Waals surface area contributed by atoms with Crippen LogP contribution < -0.4 is 5.32 Å². The first-order chi connectivity index (χ1) is 10.1. The number of carbonyl (C=O) groups excluding carboxylic acids is 1. The van der Waals surface area contributed by atoms with E-state index in [1.807, 2.05) is 25.1 Å². The molecule has 0 saturated heterocycles. The van der Waals surface area contributed by atoms with Gasteiger partial charge >= 0.3 is 0 Å². The Balaban J connectivity index is 2.00. The fraction of sp³-hybridized carbons (Fsp3) is 0.400. The van der Waals surface area contributed by atoms with Gasteiger partial charge in [-0.2, -0.15) is 0 Å². The fourth-order valence-corrected chi connectivity index (χ4v) is 2.70. The van der Waals surface area contributed by atoms with E-state index in [1.165, 1.54) is 16.9 Å². The van der Waals surface area contributed by atoms with Crippen LogP contribution in [-0.2, 0) is 6.54 Å². The van der Waals surface area contributed by atoms with E-state index < -0.39 is 0 Å². The van der Waals surface area contributed by atoms with Crippen LogP contribution in [0.15, 0.2) is 24.3 Å². The second kappa shape index (κ2) is 7.17. The third-order valence-corrected chi connectivity index (χ3v) is 3.85. The lowest BCUT2D eigenvalue weighted by Crippen LogP contribution is -2.26. The van der Waals surface area contributed by atoms with Gasteiger partial charge in [0.05, 0.1) is 0 Å². The highest BCUT2D eigenvalue weighted by Crippen LogP contribution is 2.17. The normalized spacial score (nSPS) is 10.4. The predicted molar refractivity (Wildman–Crippen MR) is 85.7 cm³/mol. The van der Waals surface area contributed by atoms with Gasteiger partial charge in [-0.15, -0.1) is 10.2 Å². The number of hydrogen-bond acceptors (Lipinski definition) is 5. The summed E-state index contributed by atoms with van der Waals surface area (Å²) < 4.78 is 0. The van der Waals surface area contributed by atoms with Crippen molar-refractivity contribution in [3.63, 3.8) is 0 Å². The van der Waals surface area contributed by atoms with Crippen molar-refractivity contribution in [1.82, 2.24) is 15.1 Å². The molecule has 0 aliphatic rings. The van der Waals surface area contributed by atoms with Gasteiger partial charge in [0.2, 0.25) is 10.1 Å². The molecule has 0 saturated carbocycles. The lowest BCUT2D eigenvalue weighted by Gasteiger charge is -2.15. The highest BCUT2D eigenvalue weighted by atomic mass is 32.1. The molecule has 112 valence electrons. The average molecular weight is 304 g/mol. The molecule has 1 amide bonds. The summed E-state index contributed by atoms with van der Waals surface area (Å²) in [6.07, 6.45) is 1.01. The molecule has 0 unspecified atom stereocenters. The molecule has 5 nitrogen and oxygen atoms in total. The Morgan fingerprint density at radius 1 is 1.38 bits per heavy atom. The number of hydrogen-bond donors (Lipinski definition) is 1. The van der Waals surface area contributed by atoms with Crippen LogP contribution in [0.2, 0.25) is 0 Å². The standard InChI is InChI=1S/C15H20N4OS/c1-4-8-16-15-18-17-13(21-15)14(20)19(3)10-12-7-5-6-11(2)9-12/h5-7,9H,4,8,10H2,1-3H3,(H,16,18). The van der Waals surface area contributed by atoms with E-state index in [9.17, 15) is 4.79 Å². The van der Waals surface area contributed by atoms with Gasteiger partial charge in [0.25, 0.3) is 5.91 Å². The van der Waals surface area contributed by atoms with Gasteiger partial charge in [0.1, 0.15) is 0 Å². The molecule has 6 heteroatoms. The Labute approximate surface area is 129 Å². The summed E-state index contributed by atoms with van der Waals surface area (Å²) >= 11 is 1.30. The number of nitrogens with zero attached hydrogens (tertiary/aromatic N) is 3. The SMILES string of the molecule is CCCNc1nnc(C(=O)N(C)Cc2cccc(C)c2)s1. The minimum absolute atomic E-state index is 0.0986. The van der Waals surface area contributed by atoms with E-state index in [0.29, 0.717) is 16.7 Å². The van der Waals surface area contributed by atoms with E-state index in [-0.39, 0.29) is 5.91 Å². The Morgan fingerprint density at radius 2 is 2.19 bits per heavy atom. The summed E-state index contributed by atoms with van der Waals surface area (Å²) in [6.45, 7) is 5.53. The van der Waals surface area contributed by atoms with Gasteiger partial charge in [0, 0.05) is 20.1 Å². The van der Waals surface area contributed by atoms with Crippen LogP contribution in [0.3, 0.4) is 0 Å². The molecule has 21 heavy (non-hydrogen) atoms. The van der Waals surface area contributed by atoms with Gasteiger partial charge in [0.15, 0.2) is 0 Å². The van der Waals surface area contributed by atoms with Gasteiger partial charge < -0.3 is 10.2 Å². The second-order valence-electron chi connectivity index (χ2n) is 4.99. The van der Waals surface area contributed by atoms with Crippen molar-refractivity contribution in [3.05, 3.63) is 40.4 Å². The highest BCUT2D eigenvalue weighted by Gasteiger charge is 2.17. The Bertz CT molecular complexity index is 611. The quantitative estimate of drug-likeness (QED) is 0.891. The van der Waals surface area contributed by atoms with Gasteiger partial charge in [-0.05, 0) is 18.9 Å². The van der Waals surface area contributed by atoms with Crippen LogP contribution in [0.25, 0.3) is 0 Å². The number of carbonyl (C=O) groups is 1. The van der Waals surface area contributed by atoms with Crippen molar-refractivity contribution in [1.29, 1.82) is 0 Å². The molecule has 0 fully saturated rings. The van der Waals surface area contributed by atoms with Crippen LogP contribution in [0, 0.1) is 6.92 Å². The zero-order chi connectivity index (χ0) is 15.2. The first kappa shape index (κ1) is 15.4. The van der Waals surface area contributed by atoms with Crippen molar-refractivity contribution >= 4 is 22.4 Å². The van der Waals surface area contributed by atoms with Crippen molar-refractivity contribution in [2.75, 3.05) is 18.9 Å². The smallest absolute Gasteiger partial charge is 0.284 e. The number of nitrogens with one attached hydrogen (secondary N) is 1. The first-order valence-corrected chi connectivity index (χ1v) is 7.80. The van der Waals surface area contributed by atoms with E-state index >= 15 is 0 Å². The molecule has 0 atom stereocenters. The van der Waals surface area contributed by atoms with Crippen LogP contribution in [-0.4, -0.2) is 34.6 Å². The van der Waals surface area contributed by atoms with Crippen molar-refractivity contribution in [2.24, 2.45) is 0 Å². The van der Waals surface area contributed by atoms with E-state index in [4.69, 9.17) is 0 Å². The molecule has 1 heterocycles. The lowest BCUT2D eigenvalue weighted by molar-refractivity contribution is 0.0784. The molecular formula is C15H20N4OS. The molecule has 2 rings (SSSR count). The zero-order valence-electron chi connectivity index (χ0n) is 12.6. The molecule has 2 aromatic rings. The maximum atomic E-state index is 12.3. The number of amides is 1. The molecular weight excluding hydrogens is 284 g/mol. The monoisotopic (exact) mass is 304 g/mol. The Morgan fingerprint density at radius 3 is 2.90 bits per heavy atom. The van der Waals surface area contributed by atoms with Crippen molar-refractivity contribution in [3.8, 4) is 0 Å². The molecule has 0 radical (unpaired) electrons. The van der Waals surface area contributed by atoms with E-state index in [1.54, 1.807) is 11.9 Å². The maximum Gasteiger partial charge on any atom is 0.284 e. The maximum absolute atomic E-state index is 12.3. The average Bonchev–Trinajstić information content (AvgIpc) is 2.93. The zero-order valence-corrected chi connectivity index (χ0v) is 13.4. The Kier molecular flexibility index (Phi) is 5.27. The molecule has 1 aromatic heterocycles. The molecule has 1 N–H and O–H groups in total. The topological polar surface area (TPSA) is 58.1 Å². The second-order valence-corrected chi connectivity index (χ2v) is 5.97. The van der Waals surface area contributed by atoms with E-state index in [2.05, 4.69) is 28.5 Å². The minimum Gasteiger partial charge on any atom is -0.360 e.